The van der Waals surface area contributed by atoms with Crippen LogP contribution in [-0.4, -0.2) is 11.3 Å². The van der Waals surface area contributed by atoms with Crippen molar-refractivity contribution < 1.29 is 4.79 Å². The van der Waals surface area contributed by atoms with Crippen LogP contribution >= 0.6 is 0 Å². The van der Waals surface area contributed by atoms with E-state index in [4.69, 9.17) is 0 Å². The molecule has 0 aliphatic rings. The Hall–Kier alpha value is -1.18. The zero-order chi connectivity index (χ0) is 9.68. The number of hydrogen-bond donors (Lipinski definition) is 0. The van der Waals surface area contributed by atoms with Crippen LogP contribution < -0.4 is 0 Å². The molecular weight excluding hydrogens is 162 g/mol. The smallest absolute Gasteiger partial charge is 0.120 e. The van der Waals surface area contributed by atoms with Crippen molar-refractivity contribution in [1.29, 1.82) is 0 Å². The summed E-state index contributed by atoms with van der Waals surface area (Å²) in [6.07, 6.45) is 4.44. The Balaban J connectivity index is 2.78. The summed E-state index contributed by atoms with van der Waals surface area (Å²) in [5, 5.41) is 0. The van der Waals surface area contributed by atoms with Crippen molar-refractivity contribution in [2.45, 2.75) is 32.6 Å². The lowest BCUT2D eigenvalue weighted by atomic mass is 9.95. The maximum atomic E-state index is 10.4. The molecule has 13 heavy (non-hydrogen) atoms. The molecule has 2 heteroatoms. The Morgan fingerprint density at radius 3 is 2.77 bits per heavy atom. The lowest BCUT2D eigenvalue weighted by molar-refractivity contribution is -0.108. The second-order valence-corrected chi connectivity index (χ2v) is 3.24. The molecule has 0 amide bonds. The number of aldehydes is 1. The summed E-state index contributed by atoms with van der Waals surface area (Å²) in [6, 6.07) is 4.04. The molecule has 1 rings (SSSR count). The highest BCUT2D eigenvalue weighted by atomic mass is 16.1. The van der Waals surface area contributed by atoms with Crippen molar-refractivity contribution in [3.05, 3.63) is 29.6 Å². The SMILES string of the molecule is CCC(CC=O)c1ccc(C)nc1. The molecule has 0 saturated carbocycles. The van der Waals surface area contributed by atoms with Crippen LogP contribution in [0.5, 0.6) is 0 Å². The van der Waals surface area contributed by atoms with Crippen LogP contribution in [-0.2, 0) is 4.79 Å². The lowest BCUT2D eigenvalue weighted by Gasteiger charge is -2.10. The van der Waals surface area contributed by atoms with Crippen LogP contribution in [0.15, 0.2) is 18.3 Å². The van der Waals surface area contributed by atoms with Crippen molar-refractivity contribution >= 4 is 6.29 Å². The highest BCUT2D eigenvalue weighted by molar-refractivity contribution is 5.51. The van der Waals surface area contributed by atoms with E-state index in [1.54, 1.807) is 0 Å². The molecule has 0 saturated heterocycles. The fourth-order valence-corrected chi connectivity index (χ4v) is 1.38. The van der Waals surface area contributed by atoms with E-state index in [2.05, 4.69) is 18.0 Å². The van der Waals surface area contributed by atoms with Crippen LogP contribution in [0, 0.1) is 6.92 Å². The monoisotopic (exact) mass is 177 g/mol. The average molecular weight is 177 g/mol. The number of rotatable bonds is 4. The second-order valence-electron chi connectivity index (χ2n) is 3.24. The van der Waals surface area contributed by atoms with Crippen molar-refractivity contribution in [3.63, 3.8) is 0 Å². The molecule has 1 heterocycles. The molecule has 1 aromatic heterocycles. The highest BCUT2D eigenvalue weighted by Gasteiger charge is 2.08. The summed E-state index contributed by atoms with van der Waals surface area (Å²) in [5.74, 6) is 0.339. The van der Waals surface area contributed by atoms with Crippen LogP contribution in [0.2, 0.25) is 0 Å². The fraction of sp³-hybridized carbons (Fsp3) is 0.455. The van der Waals surface area contributed by atoms with Gasteiger partial charge in [0.2, 0.25) is 0 Å². The minimum atomic E-state index is 0.339. The first-order valence-electron chi connectivity index (χ1n) is 4.64. The van der Waals surface area contributed by atoms with E-state index >= 15 is 0 Å². The van der Waals surface area contributed by atoms with Crippen molar-refractivity contribution in [1.82, 2.24) is 4.98 Å². The van der Waals surface area contributed by atoms with Crippen LogP contribution in [0.3, 0.4) is 0 Å². The van der Waals surface area contributed by atoms with Crippen molar-refractivity contribution in [2.24, 2.45) is 0 Å². The second kappa shape index (κ2) is 4.75. The molecule has 2 nitrogen and oxygen atoms in total. The van der Waals surface area contributed by atoms with E-state index in [1.165, 1.54) is 5.56 Å². The molecule has 0 aliphatic carbocycles. The summed E-state index contributed by atoms with van der Waals surface area (Å²) >= 11 is 0. The van der Waals surface area contributed by atoms with Crippen LogP contribution in [0.1, 0.15) is 36.9 Å². The first-order valence-corrected chi connectivity index (χ1v) is 4.64. The van der Waals surface area contributed by atoms with Gasteiger partial charge in [-0.25, -0.2) is 0 Å². The largest absolute Gasteiger partial charge is 0.303 e. The summed E-state index contributed by atoms with van der Waals surface area (Å²) in [6.45, 7) is 4.05. The number of carbonyl (C=O) groups excluding carboxylic acids is 1. The third-order valence-corrected chi connectivity index (χ3v) is 2.28. The molecule has 1 unspecified atom stereocenters. The standard InChI is InChI=1S/C11H15NO/c1-3-10(6-7-13)11-5-4-9(2)12-8-11/h4-5,7-8,10H,3,6H2,1-2H3. The third kappa shape index (κ3) is 2.65. The zero-order valence-electron chi connectivity index (χ0n) is 8.16. The predicted octanol–water partition coefficient (Wildman–Crippen LogP) is 2.47. The van der Waals surface area contributed by atoms with Gasteiger partial charge in [-0.2, -0.15) is 0 Å². The molecule has 0 bridgehead atoms. The summed E-state index contributed by atoms with van der Waals surface area (Å²) in [5.41, 5.74) is 2.19. The Morgan fingerprint density at radius 1 is 1.54 bits per heavy atom. The normalized spacial score (nSPS) is 12.5. The lowest BCUT2D eigenvalue weighted by Crippen LogP contribution is -1.99. The van der Waals surface area contributed by atoms with E-state index < -0.39 is 0 Å². The number of nitrogens with zero attached hydrogens (tertiary/aromatic N) is 1. The first-order chi connectivity index (χ1) is 6.27. The van der Waals surface area contributed by atoms with Gasteiger partial charge in [0.1, 0.15) is 6.29 Å². The molecule has 0 radical (unpaired) electrons. The number of aryl methyl sites for hydroxylation is 1. The molecule has 1 aromatic rings. The Labute approximate surface area is 79.0 Å². The number of pyridine rings is 1. The average Bonchev–Trinajstić information content (AvgIpc) is 2.16. The Morgan fingerprint density at radius 2 is 2.31 bits per heavy atom. The van der Waals surface area contributed by atoms with Gasteiger partial charge in [-0.1, -0.05) is 13.0 Å². The molecule has 1 atom stereocenters. The maximum Gasteiger partial charge on any atom is 0.120 e. The Bertz CT molecular complexity index is 266. The fourth-order valence-electron chi connectivity index (χ4n) is 1.38. The van der Waals surface area contributed by atoms with E-state index in [9.17, 15) is 4.79 Å². The Kier molecular flexibility index (Phi) is 3.62. The number of aromatic nitrogens is 1. The van der Waals surface area contributed by atoms with E-state index in [0.29, 0.717) is 12.3 Å². The summed E-state index contributed by atoms with van der Waals surface area (Å²) in [4.78, 5) is 14.6. The van der Waals surface area contributed by atoms with Gasteiger partial charge >= 0.3 is 0 Å². The van der Waals surface area contributed by atoms with E-state index in [0.717, 1.165) is 18.4 Å². The van der Waals surface area contributed by atoms with Crippen molar-refractivity contribution in [3.8, 4) is 0 Å². The zero-order valence-corrected chi connectivity index (χ0v) is 8.16. The van der Waals surface area contributed by atoms with Crippen LogP contribution in [0.4, 0.5) is 0 Å². The number of carbonyl (C=O) groups is 1. The number of hydrogen-bond acceptors (Lipinski definition) is 2. The van der Waals surface area contributed by atoms with Gasteiger partial charge in [0.15, 0.2) is 0 Å². The summed E-state index contributed by atoms with van der Waals surface area (Å²) < 4.78 is 0. The third-order valence-electron chi connectivity index (χ3n) is 2.28. The highest BCUT2D eigenvalue weighted by Crippen LogP contribution is 2.21. The predicted molar refractivity (Wildman–Crippen MR) is 52.7 cm³/mol. The topological polar surface area (TPSA) is 30.0 Å². The van der Waals surface area contributed by atoms with Gasteiger partial charge in [0.05, 0.1) is 0 Å². The van der Waals surface area contributed by atoms with Crippen molar-refractivity contribution in [2.75, 3.05) is 0 Å². The van der Waals surface area contributed by atoms with Gasteiger partial charge in [0, 0.05) is 18.3 Å². The van der Waals surface area contributed by atoms with Gasteiger partial charge in [-0.15, -0.1) is 0 Å². The minimum Gasteiger partial charge on any atom is -0.303 e. The van der Waals surface area contributed by atoms with Gasteiger partial charge in [-0.3, -0.25) is 4.98 Å². The van der Waals surface area contributed by atoms with E-state index in [-0.39, 0.29) is 0 Å². The van der Waals surface area contributed by atoms with Gasteiger partial charge in [-0.05, 0) is 30.9 Å². The molecule has 0 aromatic carbocycles. The van der Waals surface area contributed by atoms with Gasteiger partial charge < -0.3 is 4.79 Å². The maximum absolute atomic E-state index is 10.4. The molecule has 70 valence electrons. The molecule has 0 N–H and O–H groups in total. The molecule has 0 spiro atoms. The molecule has 0 aliphatic heterocycles. The molecule has 0 fully saturated rings. The van der Waals surface area contributed by atoms with E-state index in [1.807, 2.05) is 19.2 Å². The minimum absolute atomic E-state index is 0.339. The summed E-state index contributed by atoms with van der Waals surface area (Å²) in [7, 11) is 0. The van der Waals surface area contributed by atoms with Gasteiger partial charge in [0.25, 0.3) is 0 Å². The molecular formula is C11H15NO. The first kappa shape index (κ1) is 9.90. The quantitative estimate of drug-likeness (QED) is 0.661. The van der Waals surface area contributed by atoms with Crippen LogP contribution in [0.25, 0.3) is 0 Å².